The Morgan fingerprint density at radius 2 is 1.89 bits per heavy atom. The van der Waals surface area contributed by atoms with Crippen molar-refractivity contribution in [1.29, 1.82) is 0 Å². The molecule has 2 aromatic rings. The van der Waals surface area contributed by atoms with Crippen molar-refractivity contribution in [2.45, 2.75) is 0 Å². The second kappa shape index (κ2) is 5.97. The van der Waals surface area contributed by atoms with E-state index in [1.807, 2.05) is 30.3 Å². The summed E-state index contributed by atoms with van der Waals surface area (Å²) in [5.74, 6) is -0.850. The van der Waals surface area contributed by atoms with Crippen LogP contribution in [0.25, 0.3) is 6.08 Å². The van der Waals surface area contributed by atoms with Crippen molar-refractivity contribution in [2.75, 3.05) is 5.32 Å². The van der Waals surface area contributed by atoms with Crippen LogP contribution in [0.4, 0.5) is 5.00 Å². The van der Waals surface area contributed by atoms with Crippen molar-refractivity contribution in [2.24, 2.45) is 5.73 Å². The van der Waals surface area contributed by atoms with Gasteiger partial charge in [0.15, 0.2) is 0 Å². The molecule has 5 heteroatoms. The van der Waals surface area contributed by atoms with E-state index in [2.05, 4.69) is 5.32 Å². The van der Waals surface area contributed by atoms with E-state index in [4.69, 9.17) is 5.73 Å². The molecule has 0 saturated carbocycles. The number of nitrogens with one attached hydrogen (secondary N) is 1. The van der Waals surface area contributed by atoms with E-state index >= 15 is 0 Å². The normalized spacial score (nSPS) is 10.5. The van der Waals surface area contributed by atoms with Gasteiger partial charge in [0.25, 0.3) is 5.91 Å². The van der Waals surface area contributed by atoms with Crippen LogP contribution in [0.1, 0.15) is 15.9 Å². The lowest BCUT2D eigenvalue weighted by Gasteiger charge is -2.00. The summed E-state index contributed by atoms with van der Waals surface area (Å²) < 4.78 is 0. The predicted molar refractivity (Wildman–Crippen MR) is 76.9 cm³/mol. The van der Waals surface area contributed by atoms with Crippen molar-refractivity contribution >= 4 is 34.2 Å². The maximum atomic E-state index is 11.7. The number of amides is 2. The molecule has 1 aromatic carbocycles. The van der Waals surface area contributed by atoms with Gasteiger partial charge in [-0.25, -0.2) is 0 Å². The Bertz CT molecular complexity index is 617. The molecule has 0 aliphatic rings. The van der Waals surface area contributed by atoms with Crippen LogP contribution in [-0.4, -0.2) is 11.8 Å². The Balaban J connectivity index is 2.04. The molecule has 3 N–H and O–H groups in total. The van der Waals surface area contributed by atoms with Gasteiger partial charge in [0, 0.05) is 6.08 Å². The van der Waals surface area contributed by atoms with E-state index in [-0.39, 0.29) is 5.91 Å². The fourth-order valence-corrected chi connectivity index (χ4v) is 2.29. The molecule has 2 amide bonds. The quantitative estimate of drug-likeness (QED) is 0.839. The molecular formula is C14H12N2O2S. The Hall–Kier alpha value is -2.40. The van der Waals surface area contributed by atoms with Gasteiger partial charge in [0.1, 0.15) is 5.00 Å². The number of anilines is 1. The number of thiophene rings is 1. The van der Waals surface area contributed by atoms with Crippen molar-refractivity contribution in [3.05, 3.63) is 59.0 Å². The van der Waals surface area contributed by atoms with Crippen LogP contribution in [-0.2, 0) is 4.79 Å². The molecular weight excluding hydrogens is 260 g/mol. The summed E-state index contributed by atoms with van der Waals surface area (Å²) in [4.78, 5) is 22.8. The Kier molecular flexibility index (Phi) is 4.10. The van der Waals surface area contributed by atoms with Gasteiger partial charge in [0.05, 0.1) is 5.56 Å². The van der Waals surface area contributed by atoms with E-state index in [1.54, 1.807) is 17.5 Å². The van der Waals surface area contributed by atoms with Crippen molar-refractivity contribution in [1.82, 2.24) is 0 Å². The fourth-order valence-electron chi connectivity index (χ4n) is 1.49. The average molecular weight is 272 g/mol. The highest BCUT2D eigenvalue weighted by Crippen LogP contribution is 2.22. The van der Waals surface area contributed by atoms with E-state index in [1.165, 1.54) is 17.4 Å². The second-order valence-corrected chi connectivity index (χ2v) is 4.68. The summed E-state index contributed by atoms with van der Waals surface area (Å²) in [6.45, 7) is 0. The minimum absolute atomic E-state index is 0.297. The Labute approximate surface area is 114 Å². The third-order valence-electron chi connectivity index (χ3n) is 2.39. The Morgan fingerprint density at radius 3 is 2.58 bits per heavy atom. The van der Waals surface area contributed by atoms with E-state index in [0.29, 0.717) is 10.6 Å². The summed E-state index contributed by atoms with van der Waals surface area (Å²) in [7, 11) is 0. The van der Waals surface area contributed by atoms with Crippen LogP contribution in [0, 0.1) is 0 Å². The maximum absolute atomic E-state index is 11.7. The molecule has 0 bridgehead atoms. The third kappa shape index (κ3) is 3.53. The topological polar surface area (TPSA) is 72.2 Å². The van der Waals surface area contributed by atoms with E-state index < -0.39 is 5.91 Å². The molecule has 1 aromatic heterocycles. The van der Waals surface area contributed by atoms with Crippen LogP contribution in [0.3, 0.4) is 0 Å². The predicted octanol–water partition coefficient (Wildman–Crippen LogP) is 2.50. The number of hydrogen-bond donors (Lipinski definition) is 2. The molecule has 0 aliphatic carbocycles. The number of nitrogens with two attached hydrogens (primary N) is 1. The summed E-state index contributed by atoms with van der Waals surface area (Å²) in [6.07, 6.45) is 3.12. The van der Waals surface area contributed by atoms with Gasteiger partial charge in [0.2, 0.25) is 5.91 Å². The molecule has 0 unspecified atom stereocenters. The first-order chi connectivity index (χ1) is 9.16. The van der Waals surface area contributed by atoms with E-state index in [0.717, 1.165) is 5.56 Å². The van der Waals surface area contributed by atoms with Crippen molar-refractivity contribution in [3.8, 4) is 0 Å². The van der Waals surface area contributed by atoms with Crippen LogP contribution < -0.4 is 11.1 Å². The smallest absolute Gasteiger partial charge is 0.251 e. The number of primary amides is 1. The second-order valence-electron chi connectivity index (χ2n) is 3.76. The molecule has 2 rings (SSSR count). The number of hydrogen-bond acceptors (Lipinski definition) is 3. The first kappa shape index (κ1) is 13.0. The average Bonchev–Trinajstić information content (AvgIpc) is 2.86. The van der Waals surface area contributed by atoms with Crippen LogP contribution in [0.15, 0.2) is 47.9 Å². The van der Waals surface area contributed by atoms with Crippen LogP contribution in [0.5, 0.6) is 0 Å². The number of carbonyl (C=O) groups excluding carboxylic acids is 2. The van der Waals surface area contributed by atoms with Gasteiger partial charge in [-0.15, -0.1) is 11.3 Å². The maximum Gasteiger partial charge on any atom is 0.251 e. The summed E-state index contributed by atoms with van der Waals surface area (Å²) in [5, 5.41) is 4.81. The minimum Gasteiger partial charge on any atom is -0.366 e. The highest BCUT2D eigenvalue weighted by molar-refractivity contribution is 7.14. The van der Waals surface area contributed by atoms with Crippen molar-refractivity contribution in [3.63, 3.8) is 0 Å². The summed E-state index contributed by atoms with van der Waals surface area (Å²) in [5.41, 5.74) is 6.45. The zero-order valence-electron chi connectivity index (χ0n) is 10.00. The number of benzene rings is 1. The van der Waals surface area contributed by atoms with Gasteiger partial charge >= 0.3 is 0 Å². The highest BCUT2D eigenvalue weighted by Gasteiger charge is 2.10. The Morgan fingerprint density at radius 1 is 1.16 bits per heavy atom. The van der Waals surface area contributed by atoms with Crippen LogP contribution >= 0.6 is 11.3 Å². The zero-order chi connectivity index (χ0) is 13.7. The first-order valence-electron chi connectivity index (χ1n) is 5.58. The van der Waals surface area contributed by atoms with Gasteiger partial charge in [-0.2, -0.15) is 0 Å². The molecule has 19 heavy (non-hydrogen) atoms. The molecule has 96 valence electrons. The number of rotatable bonds is 4. The largest absolute Gasteiger partial charge is 0.366 e. The molecule has 0 aliphatic heterocycles. The molecule has 0 saturated heterocycles. The standard InChI is InChI=1S/C14H12N2O2S/c15-13(18)11-8-9-19-14(11)16-12(17)7-6-10-4-2-1-3-5-10/h1-9H,(H2,15,18)(H,16,17)/b7-6+. The first-order valence-corrected chi connectivity index (χ1v) is 6.46. The fraction of sp³-hybridized carbons (Fsp3) is 0. The summed E-state index contributed by atoms with van der Waals surface area (Å²) >= 11 is 1.26. The minimum atomic E-state index is -0.552. The number of carbonyl (C=O) groups is 2. The van der Waals surface area contributed by atoms with Crippen LogP contribution in [0.2, 0.25) is 0 Å². The van der Waals surface area contributed by atoms with Gasteiger partial charge in [-0.3, -0.25) is 9.59 Å². The molecule has 0 spiro atoms. The highest BCUT2D eigenvalue weighted by atomic mass is 32.1. The molecule has 1 heterocycles. The summed E-state index contributed by atoms with van der Waals surface area (Å²) in [6, 6.07) is 11.1. The lowest BCUT2D eigenvalue weighted by molar-refractivity contribution is -0.111. The lowest BCUT2D eigenvalue weighted by atomic mass is 10.2. The van der Waals surface area contributed by atoms with Gasteiger partial charge in [-0.1, -0.05) is 30.3 Å². The third-order valence-corrected chi connectivity index (χ3v) is 3.22. The van der Waals surface area contributed by atoms with Crippen molar-refractivity contribution < 1.29 is 9.59 Å². The molecule has 4 nitrogen and oxygen atoms in total. The molecule has 0 radical (unpaired) electrons. The monoisotopic (exact) mass is 272 g/mol. The zero-order valence-corrected chi connectivity index (χ0v) is 10.8. The van der Waals surface area contributed by atoms with Gasteiger partial charge < -0.3 is 11.1 Å². The SMILES string of the molecule is NC(=O)c1ccsc1NC(=O)/C=C/c1ccccc1. The molecule has 0 atom stereocenters. The van der Waals surface area contributed by atoms with Gasteiger partial charge in [-0.05, 0) is 23.1 Å². The van der Waals surface area contributed by atoms with E-state index in [9.17, 15) is 9.59 Å². The molecule has 0 fully saturated rings. The lowest BCUT2D eigenvalue weighted by Crippen LogP contribution is -2.14.